The van der Waals surface area contributed by atoms with Crippen molar-refractivity contribution in [3.05, 3.63) is 47.2 Å². The molecule has 1 aromatic carbocycles. The van der Waals surface area contributed by atoms with Crippen LogP contribution in [0, 0.1) is 0 Å². The maximum absolute atomic E-state index is 6.08. The van der Waals surface area contributed by atoms with Crippen molar-refractivity contribution in [3.8, 4) is 5.69 Å². The molecular weight excluding hydrogens is 263 g/mol. The number of nitrogens with zero attached hydrogens (tertiary/aromatic N) is 2. The van der Waals surface area contributed by atoms with Crippen LogP contribution < -0.4 is 0 Å². The fraction of sp³-hybridized carbons (Fsp3) is 0.100. The first-order valence-corrected chi connectivity index (χ1v) is 5.65. The zero-order chi connectivity index (χ0) is 9.97. The highest BCUT2D eigenvalue weighted by Gasteiger charge is 2.01. The van der Waals surface area contributed by atoms with E-state index >= 15 is 0 Å². The van der Waals surface area contributed by atoms with Crippen LogP contribution in [0.1, 0.15) is 5.56 Å². The minimum atomic E-state index is 0.759. The Morgan fingerprint density at radius 2 is 2.29 bits per heavy atom. The lowest BCUT2D eigenvalue weighted by Crippen LogP contribution is -1.94. The molecule has 0 fully saturated rings. The summed E-state index contributed by atoms with van der Waals surface area (Å²) >= 11 is 9.45. The number of rotatable bonds is 2. The molecule has 4 heteroatoms. The molecule has 0 amide bonds. The van der Waals surface area contributed by atoms with Crippen molar-refractivity contribution in [3.63, 3.8) is 0 Å². The summed E-state index contributed by atoms with van der Waals surface area (Å²) in [5.41, 5.74) is 2.06. The molecule has 1 aromatic heterocycles. The van der Waals surface area contributed by atoms with Gasteiger partial charge < -0.3 is 0 Å². The van der Waals surface area contributed by atoms with Gasteiger partial charge in [-0.2, -0.15) is 5.10 Å². The molecule has 14 heavy (non-hydrogen) atoms. The average molecular weight is 272 g/mol. The van der Waals surface area contributed by atoms with Gasteiger partial charge in [0.25, 0.3) is 0 Å². The Kier molecular flexibility index (Phi) is 2.89. The van der Waals surface area contributed by atoms with Crippen molar-refractivity contribution in [1.82, 2.24) is 9.78 Å². The third kappa shape index (κ3) is 1.83. The van der Waals surface area contributed by atoms with Gasteiger partial charge >= 0.3 is 0 Å². The number of hydrogen-bond acceptors (Lipinski definition) is 1. The fourth-order valence-corrected chi connectivity index (χ4v) is 2.10. The first kappa shape index (κ1) is 9.74. The molecule has 72 valence electrons. The van der Waals surface area contributed by atoms with Crippen LogP contribution in [0.2, 0.25) is 5.02 Å². The molecule has 0 saturated carbocycles. The van der Waals surface area contributed by atoms with E-state index in [9.17, 15) is 0 Å². The minimum Gasteiger partial charge on any atom is -0.241 e. The second kappa shape index (κ2) is 4.15. The molecule has 2 nitrogen and oxygen atoms in total. The second-order valence-corrected chi connectivity index (χ2v) is 3.83. The van der Waals surface area contributed by atoms with Crippen LogP contribution in [0.3, 0.4) is 0 Å². The Labute approximate surface area is 95.6 Å². The maximum Gasteiger partial charge on any atom is 0.0660 e. The predicted molar refractivity (Wildman–Crippen MR) is 61.2 cm³/mol. The molecule has 0 bridgehead atoms. The van der Waals surface area contributed by atoms with Crippen LogP contribution in [-0.4, -0.2) is 9.78 Å². The molecule has 0 atom stereocenters. The van der Waals surface area contributed by atoms with Gasteiger partial charge in [0.15, 0.2) is 0 Å². The molecule has 0 aliphatic carbocycles. The monoisotopic (exact) mass is 270 g/mol. The topological polar surface area (TPSA) is 17.8 Å². The standard InChI is InChI=1S/C10H8BrClN2/c11-7-8-2-3-9(6-10(8)12)14-5-1-4-13-14/h1-6H,7H2. The highest BCUT2D eigenvalue weighted by Crippen LogP contribution is 2.21. The molecule has 0 radical (unpaired) electrons. The summed E-state index contributed by atoms with van der Waals surface area (Å²) in [6.07, 6.45) is 3.63. The van der Waals surface area contributed by atoms with E-state index in [2.05, 4.69) is 21.0 Å². The van der Waals surface area contributed by atoms with E-state index in [1.54, 1.807) is 10.9 Å². The summed E-state index contributed by atoms with van der Waals surface area (Å²) in [7, 11) is 0. The van der Waals surface area contributed by atoms with Gasteiger partial charge in [-0.05, 0) is 23.8 Å². The predicted octanol–water partition coefficient (Wildman–Crippen LogP) is 3.42. The molecule has 0 aliphatic heterocycles. The molecule has 0 aliphatic rings. The van der Waals surface area contributed by atoms with Gasteiger partial charge in [-0.15, -0.1) is 0 Å². The van der Waals surface area contributed by atoms with Crippen molar-refractivity contribution in [1.29, 1.82) is 0 Å². The Hall–Kier alpha value is -0.800. The molecule has 1 heterocycles. The van der Waals surface area contributed by atoms with Crippen LogP contribution >= 0.6 is 27.5 Å². The highest BCUT2D eigenvalue weighted by atomic mass is 79.9. The van der Waals surface area contributed by atoms with E-state index in [1.807, 2.05) is 30.5 Å². The average Bonchev–Trinajstić information content (AvgIpc) is 2.70. The van der Waals surface area contributed by atoms with Gasteiger partial charge in [0, 0.05) is 22.7 Å². The Bertz CT molecular complexity index is 426. The summed E-state index contributed by atoms with van der Waals surface area (Å²) in [4.78, 5) is 0. The first-order valence-electron chi connectivity index (χ1n) is 4.15. The van der Waals surface area contributed by atoms with Gasteiger partial charge in [-0.1, -0.05) is 33.6 Å². The summed E-state index contributed by atoms with van der Waals surface area (Å²) in [5.74, 6) is 0. The van der Waals surface area contributed by atoms with E-state index in [4.69, 9.17) is 11.6 Å². The van der Waals surface area contributed by atoms with E-state index in [0.717, 1.165) is 21.6 Å². The third-order valence-electron chi connectivity index (χ3n) is 1.95. The first-order chi connectivity index (χ1) is 6.81. The van der Waals surface area contributed by atoms with Crippen LogP contribution in [-0.2, 0) is 5.33 Å². The second-order valence-electron chi connectivity index (χ2n) is 2.86. The summed E-state index contributed by atoms with van der Waals surface area (Å²) in [5, 5.41) is 5.66. The molecule has 0 unspecified atom stereocenters. The number of hydrogen-bond donors (Lipinski definition) is 0. The maximum atomic E-state index is 6.08. The number of alkyl halides is 1. The van der Waals surface area contributed by atoms with Gasteiger partial charge in [0.1, 0.15) is 0 Å². The van der Waals surface area contributed by atoms with Crippen molar-refractivity contribution in [2.45, 2.75) is 5.33 Å². The Morgan fingerprint density at radius 1 is 1.43 bits per heavy atom. The van der Waals surface area contributed by atoms with Crippen LogP contribution in [0.5, 0.6) is 0 Å². The van der Waals surface area contributed by atoms with Gasteiger partial charge in [0.2, 0.25) is 0 Å². The van der Waals surface area contributed by atoms with Crippen molar-refractivity contribution < 1.29 is 0 Å². The van der Waals surface area contributed by atoms with Crippen LogP contribution in [0.15, 0.2) is 36.7 Å². The van der Waals surface area contributed by atoms with Crippen molar-refractivity contribution in [2.75, 3.05) is 0 Å². The van der Waals surface area contributed by atoms with Crippen molar-refractivity contribution >= 4 is 27.5 Å². The number of aromatic nitrogens is 2. The molecule has 2 rings (SSSR count). The van der Waals surface area contributed by atoms with E-state index in [1.165, 1.54) is 0 Å². The largest absolute Gasteiger partial charge is 0.241 e. The molecule has 2 aromatic rings. The molecular formula is C10H8BrClN2. The number of benzene rings is 1. The molecule has 0 spiro atoms. The van der Waals surface area contributed by atoms with E-state index in [-0.39, 0.29) is 0 Å². The van der Waals surface area contributed by atoms with Crippen molar-refractivity contribution in [2.24, 2.45) is 0 Å². The van der Waals surface area contributed by atoms with E-state index in [0.29, 0.717) is 0 Å². The zero-order valence-corrected chi connectivity index (χ0v) is 9.66. The van der Waals surface area contributed by atoms with Crippen LogP contribution in [0.4, 0.5) is 0 Å². The van der Waals surface area contributed by atoms with Gasteiger partial charge in [-0.25, -0.2) is 4.68 Å². The third-order valence-corrected chi connectivity index (χ3v) is 2.91. The van der Waals surface area contributed by atoms with Gasteiger partial charge in [0.05, 0.1) is 5.69 Å². The Balaban J connectivity index is 2.43. The summed E-state index contributed by atoms with van der Waals surface area (Å²) < 4.78 is 1.78. The lowest BCUT2D eigenvalue weighted by atomic mass is 10.2. The minimum absolute atomic E-state index is 0.759. The van der Waals surface area contributed by atoms with Crippen LogP contribution in [0.25, 0.3) is 5.69 Å². The Morgan fingerprint density at radius 3 is 2.86 bits per heavy atom. The number of halogens is 2. The van der Waals surface area contributed by atoms with E-state index < -0.39 is 0 Å². The smallest absolute Gasteiger partial charge is 0.0660 e. The zero-order valence-electron chi connectivity index (χ0n) is 7.32. The lowest BCUT2D eigenvalue weighted by molar-refractivity contribution is 0.880. The SMILES string of the molecule is Clc1cc(-n2cccn2)ccc1CBr. The summed E-state index contributed by atoms with van der Waals surface area (Å²) in [6, 6.07) is 7.78. The molecule has 0 N–H and O–H groups in total. The normalized spacial score (nSPS) is 10.4. The fourth-order valence-electron chi connectivity index (χ4n) is 1.21. The lowest BCUT2D eigenvalue weighted by Gasteiger charge is -2.04. The highest BCUT2D eigenvalue weighted by molar-refractivity contribution is 9.08. The van der Waals surface area contributed by atoms with Gasteiger partial charge in [-0.3, -0.25) is 0 Å². The quantitative estimate of drug-likeness (QED) is 0.765. The molecule has 0 saturated heterocycles. The summed E-state index contributed by atoms with van der Waals surface area (Å²) in [6.45, 7) is 0.